The maximum absolute atomic E-state index is 7.17. The molecule has 4 heterocycles. The summed E-state index contributed by atoms with van der Waals surface area (Å²) < 4.78 is 9.61. The molecule has 38 heavy (non-hydrogen) atoms. The molecule has 0 spiro atoms. The van der Waals surface area contributed by atoms with E-state index in [1.54, 1.807) is 0 Å². The third-order valence-corrected chi connectivity index (χ3v) is 10.8. The molecule has 1 atom stereocenters. The van der Waals surface area contributed by atoms with Gasteiger partial charge in [0, 0.05) is 46.8 Å². The third kappa shape index (κ3) is 2.42. The second-order valence-corrected chi connectivity index (χ2v) is 12.2. The van der Waals surface area contributed by atoms with Crippen molar-refractivity contribution in [2.45, 2.75) is 6.92 Å². The summed E-state index contributed by atoms with van der Waals surface area (Å²) in [5, 5.41) is 6.61. The molecule has 0 amide bonds. The van der Waals surface area contributed by atoms with Gasteiger partial charge in [0.2, 0.25) is 0 Å². The molecule has 0 fully saturated rings. The van der Waals surface area contributed by atoms with Crippen molar-refractivity contribution in [3.8, 4) is 22.6 Å². The molecule has 0 saturated heterocycles. The second-order valence-electron chi connectivity index (χ2n) is 10.4. The van der Waals surface area contributed by atoms with Crippen molar-refractivity contribution in [1.29, 1.82) is 0 Å². The zero-order valence-electron chi connectivity index (χ0n) is 21.1. The third-order valence-electron chi connectivity index (χ3n) is 8.41. The lowest BCUT2D eigenvalue weighted by Crippen LogP contribution is -2.27. The van der Waals surface area contributed by atoms with E-state index in [9.17, 15) is 0 Å². The predicted octanol–water partition coefficient (Wildman–Crippen LogP) is 7.38. The van der Waals surface area contributed by atoms with Gasteiger partial charge in [-0.3, -0.25) is 4.90 Å². The number of para-hydroxylation sites is 2. The average Bonchev–Trinajstić information content (AvgIpc) is 3.59. The lowest BCUT2D eigenvalue weighted by molar-refractivity contribution is 0.632. The van der Waals surface area contributed by atoms with Crippen LogP contribution in [-0.4, -0.2) is 22.1 Å². The molecule has 182 valence electrons. The maximum atomic E-state index is 7.17. The van der Waals surface area contributed by atoms with Gasteiger partial charge in [0.05, 0.1) is 16.7 Å². The number of rotatable bonds is 1. The highest BCUT2D eigenvalue weighted by Crippen LogP contribution is 2.51. The Kier molecular flexibility index (Phi) is 3.87. The van der Waals surface area contributed by atoms with Crippen LogP contribution < -0.4 is 14.7 Å². The molecule has 1 unspecified atom stereocenters. The number of benzene rings is 5. The van der Waals surface area contributed by atoms with Crippen LogP contribution in [0.2, 0.25) is 0 Å². The van der Waals surface area contributed by atoms with Crippen molar-refractivity contribution in [2.75, 3.05) is 11.9 Å². The molecule has 0 radical (unpaired) electrons. The van der Waals surface area contributed by atoms with E-state index in [0.29, 0.717) is 0 Å². The minimum atomic E-state index is -1.62. The summed E-state index contributed by atoms with van der Waals surface area (Å²) in [6.07, 6.45) is 4.33. The highest BCUT2D eigenvalue weighted by Gasteiger charge is 2.37. The molecule has 5 heteroatoms. The van der Waals surface area contributed by atoms with Crippen LogP contribution in [0.4, 0.5) is 5.69 Å². The summed E-state index contributed by atoms with van der Waals surface area (Å²) >= 11 is 0. The molecule has 0 aliphatic carbocycles. The largest absolute Gasteiger partial charge is 0.471 e. The Morgan fingerprint density at radius 2 is 1.45 bits per heavy atom. The average molecular weight is 510 g/mol. The molecular formula is C33H24N3OP. The van der Waals surface area contributed by atoms with Crippen LogP contribution in [-0.2, 0) is 0 Å². The lowest BCUT2D eigenvalue weighted by atomic mass is 9.92. The Labute approximate surface area is 221 Å². The number of hydrogen-bond donors (Lipinski definition) is 0. The Morgan fingerprint density at radius 3 is 2.34 bits per heavy atom. The van der Waals surface area contributed by atoms with Crippen molar-refractivity contribution in [3.05, 3.63) is 109 Å². The summed E-state index contributed by atoms with van der Waals surface area (Å²) in [5.41, 5.74) is 9.82. The number of anilines is 1. The number of aromatic nitrogens is 1. The van der Waals surface area contributed by atoms with Gasteiger partial charge < -0.3 is 14.0 Å². The van der Waals surface area contributed by atoms with Crippen molar-refractivity contribution in [1.82, 2.24) is 9.47 Å². The Hall–Kier alpha value is -4.40. The molecule has 4 nitrogen and oxygen atoms in total. The zero-order valence-corrected chi connectivity index (χ0v) is 22.1. The summed E-state index contributed by atoms with van der Waals surface area (Å²) in [6.45, 7) is 2.28. The summed E-state index contributed by atoms with van der Waals surface area (Å²) in [6, 6.07) is 33.0. The summed E-state index contributed by atoms with van der Waals surface area (Å²) in [5.74, 6) is 0.958. The Bertz CT molecular complexity index is 2090. The molecule has 3 aliphatic rings. The van der Waals surface area contributed by atoms with Gasteiger partial charge in [-0.25, -0.2) is 0 Å². The number of fused-ring (bicyclic) bond motifs is 5. The molecule has 3 aliphatic heterocycles. The Balaban J connectivity index is 1.59. The Morgan fingerprint density at radius 1 is 0.684 bits per heavy atom. The van der Waals surface area contributed by atoms with Gasteiger partial charge in [-0.1, -0.05) is 54.6 Å². The van der Waals surface area contributed by atoms with E-state index in [1.807, 2.05) is 0 Å². The van der Waals surface area contributed by atoms with Gasteiger partial charge in [-0.15, -0.1) is 0 Å². The normalized spacial score (nSPS) is 16.9. The number of aryl methyl sites for hydroxylation is 1. The first-order valence-corrected chi connectivity index (χ1v) is 14.4. The quantitative estimate of drug-likeness (QED) is 0.216. The lowest BCUT2D eigenvalue weighted by Gasteiger charge is -2.21. The minimum absolute atomic E-state index is 0.958. The summed E-state index contributed by atoms with van der Waals surface area (Å²) in [4.78, 5) is 4.59. The fourth-order valence-electron chi connectivity index (χ4n) is 6.79. The molecule has 6 aromatic rings. The van der Waals surface area contributed by atoms with E-state index >= 15 is 0 Å². The predicted molar refractivity (Wildman–Crippen MR) is 161 cm³/mol. The van der Waals surface area contributed by atoms with Crippen molar-refractivity contribution in [3.63, 3.8) is 0 Å². The van der Waals surface area contributed by atoms with Crippen LogP contribution in [0.1, 0.15) is 5.56 Å². The highest BCUT2D eigenvalue weighted by atomic mass is 31.1. The van der Waals surface area contributed by atoms with Crippen molar-refractivity contribution < 1.29 is 4.52 Å². The summed E-state index contributed by atoms with van der Waals surface area (Å²) in [7, 11) is 0.521. The zero-order chi connectivity index (χ0) is 25.1. The van der Waals surface area contributed by atoms with E-state index in [4.69, 9.17) is 4.52 Å². The number of nitrogens with zero attached hydrogens (tertiary/aromatic N) is 3. The highest BCUT2D eigenvalue weighted by molar-refractivity contribution is 7.64. The van der Waals surface area contributed by atoms with Crippen LogP contribution in [0.25, 0.3) is 49.4 Å². The van der Waals surface area contributed by atoms with Gasteiger partial charge in [0.15, 0.2) is 5.54 Å². The minimum Gasteiger partial charge on any atom is -0.471 e. The SMILES string of the molecule is Cc1c2ccc3ccc4c(c13)c1c3c(ccc1n4-c1ccccc1)N1C=CN(C)C1=[PH]3Oc1ccccc1-2. The molecular weight excluding hydrogens is 485 g/mol. The van der Waals surface area contributed by atoms with E-state index in [0.717, 1.165) is 11.3 Å². The van der Waals surface area contributed by atoms with Crippen LogP contribution in [0.3, 0.4) is 0 Å². The van der Waals surface area contributed by atoms with E-state index < -0.39 is 7.77 Å². The van der Waals surface area contributed by atoms with Crippen molar-refractivity contribution >= 4 is 56.9 Å². The van der Waals surface area contributed by atoms with E-state index in [1.165, 1.54) is 65.9 Å². The first-order valence-electron chi connectivity index (χ1n) is 13.0. The van der Waals surface area contributed by atoms with Gasteiger partial charge >= 0.3 is 0 Å². The first-order chi connectivity index (χ1) is 18.7. The topological polar surface area (TPSA) is 20.6 Å². The molecule has 0 N–H and O–H groups in total. The fraction of sp³-hybridized carbons (Fsp3) is 0.0606. The maximum Gasteiger partial charge on any atom is 0.151 e. The monoisotopic (exact) mass is 509 g/mol. The second kappa shape index (κ2) is 7.12. The van der Waals surface area contributed by atoms with Crippen LogP contribution >= 0.6 is 7.77 Å². The van der Waals surface area contributed by atoms with Crippen LogP contribution in [0.15, 0.2) is 103 Å². The van der Waals surface area contributed by atoms with Crippen molar-refractivity contribution in [2.24, 2.45) is 0 Å². The molecule has 5 aromatic carbocycles. The number of hydrogen-bond acceptors (Lipinski definition) is 3. The standard InChI is InChI=1S/C33H24N3OP/c1-20-23-14-12-21-13-15-25-30(29(20)21)31-26(36(25)22-8-4-3-5-9-22)16-17-27-32(31)38(33-34(2)18-19-35(27)33)37-28-11-7-6-10-24(23)28/h3-19,38H,1-2H3. The molecule has 9 rings (SSSR count). The van der Waals surface area contributed by atoms with Crippen LogP contribution in [0.5, 0.6) is 5.75 Å². The van der Waals surface area contributed by atoms with Gasteiger partial charge in [0.25, 0.3) is 0 Å². The van der Waals surface area contributed by atoms with Gasteiger partial charge in [-0.2, -0.15) is 0 Å². The van der Waals surface area contributed by atoms with E-state index in [2.05, 4.69) is 132 Å². The van der Waals surface area contributed by atoms with E-state index in [-0.39, 0.29) is 0 Å². The fourth-order valence-corrected chi connectivity index (χ4v) is 9.33. The molecule has 2 bridgehead atoms. The van der Waals surface area contributed by atoms with Crippen LogP contribution in [0, 0.1) is 6.92 Å². The first kappa shape index (κ1) is 20.6. The molecule has 1 aromatic heterocycles. The smallest absolute Gasteiger partial charge is 0.151 e. The molecule has 0 saturated carbocycles. The van der Waals surface area contributed by atoms with Gasteiger partial charge in [-0.05, 0) is 65.2 Å². The van der Waals surface area contributed by atoms with Gasteiger partial charge in [0.1, 0.15) is 13.5 Å².